The summed E-state index contributed by atoms with van der Waals surface area (Å²) in [5, 5.41) is 43.5. The van der Waals surface area contributed by atoms with Crippen LogP contribution >= 0.6 is 0 Å². The van der Waals surface area contributed by atoms with E-state index in [1.807, 2.05) is 0 Å². The van der Waals surface area contributed by atoms with Gasteiger partial charge in [0.25, 0.3) is 0 Å². The zero-order chi connectivity index (χ0) is 10.5. The van der Waals surface area contributed by atoms with Gasteiger partial charge in [0.1, 0.15) is 13.5 Å². The van der Waals surface area contributed by atoms with Crippen LogP contribution in [-0.4, -0.2) is 65.8 Å². The highest BCUT2D eigenvalue weighted by atomic mass is 16.5. The Morgan fingerprint density at radius 2 is 1.77 bits per heavy atom. The zero-order valence-corrected chi connectivity index (χ0v) is 7.73. The SMILES string of the molecule is BC(O)(O)C1(CCO)B(O)C1(B)O. The van der Waals surface area contributed by atoms with E-state index in [0.717, 1.165) is 7.85 Å². The molecule has 1 aliphatic rings. The molecule has 0 saturated carbocycles. The minimum Gasteiger partial charge on any atom is -0.448 e. The van der Waals surface area contributed by atoms with E-state index in [0.29, 0.717) is 0 Å². The molecule has 0 aromatic carbocycles. The molecular formula is C5H13B3O5. The highest BCUT2D eigenvalue weighted by Crippen LogP contribution is 2.65. The zero-order valence-electron chi connectivity index (χ0n) is 7.73. The topological polar surface area (TPSA) is 101 Å². The van der Waals surface area contributed by atoms with Gasteiger partial charge in [-0.05, 0) is 6.42 Å². The molecule has 5 nitrogen and oxygen atoms in total. The lowest BCUT2D eigenvalue weighted by Crippen LogP contribution is -2.42. The average molecular weight is 186 g/mol. The summed E-state index contributed by atoms with van der Waals surface area (Å²) in [5.74, 6) is 0. The summed E-state index contributed by atoms with van der Waals surface area (Å²) >= 11 is 0. The molecule has 0 aromatic rings. The quantitative estimate of drug-likeness (QED) is 0.225. The highest BCUT2D eigenvalue weighted by molar-refractivity contribution is 6.82. The van der Waals surface area contributed by atoms with Gasteiger partial charge < -0.3 is 25.5 Å². The second-order valence-electron chi connectivity index (χ2n) is 4.02. The van der Waals surface area contributed by atoms with Gasteiger partial charge in [-0.2, -0.15) is 0 Å². The molecule has 0 amide bonds. The fourth-order valence-electron chi connectivity index (χ4n) is 2.19. The van der Waals surface area contributed by atoms with Crippen LogP contribution < -0.4 is 0 Å². The van der Waals surface area contributed by atoms with Crippen molar-refractivity contribution in [3.63, 3.8) is 0 Å². The molecule has 72 valence electrons. The van der Waals surface area contributed by atoms with Crippen molar-refractivity contribution in [3.05, 3.63) is 0 Å². The molecule has 1 saturated heterocycles. The van der Waals surface area contributed by atoms with Crippen molar-refractivity contribution in [1.29, 1.82) is 0 Å². The van der Waals surface area contributed by atoms with Crippen LogP contribution in [0, 0.1) is 0 Å². The highest BCUT2D eigenvalue weighted by Gasteiger charge is 2.82. The molecule has 1 heterocycles. The Labute approximate surface area is 78.3 Å². The summed E-state index contributed by atoms with van der Waals surface area (Å²) in [4.78, 5) is 0. The predicted molar refractivity (Wildman–Crippen MR) is 51.6 cm³/mol. The van der Waals surface area contributed by atoms with Gasteiger partial charge in [-0.3, -0.25) is 0 Å². The summed E-state index contributed by atoms with van der Waals surface area (Å²) < 4.78 is 0. The number of aliphatic hydroxyl groups excluding tert-OH is 1. The largest absolute Gasteiger partial charge is 0.448 e. The normalized spacial score (nSPS) is 39.3. The van der Waals surface area contributed by atoms with Crippen LogP contribution in [0.4, 0.5) is 0 Å². The van der Waals surface area contributed by atoms with Crippen LogP contribution in [0.2, 0.25) is 5.31 Å². The van der Waals surface area contributed by atoms with E-state index < -0.39 is 23.3 Å². The lowest BCUT2D eigenvalue weighted by atomic mass is 9.65. The van der Waals surface area contributed by atoms with Crippen molar-refractivity contribution in [2.75, 3.05) is 6.61 Å². The fraction of sp³-hybridized carbons (Fsp3) is 1.00. The van der Waals surface area contributed by atoms with Gasteiger partial charge in [-0.15, -0.1) is 0 Å². The van der Waals surface area contributed by atoms with Crippen molar-refractivity contribution in [3.8, 4) is 0 Å². The molecule has 2 unspecified atom stereocenters. The first kappa shape index (κ1) is 11.1. The molecule has 5 N–H and O–H groups in total. The Kier molecular flexibility index (Phi) is 2.34. The monoisotopic (exact) mass is 186 g/mol. The van der Waals surface area contributed by atoms with Gasteiger partial charge in [0.05, 0.1) is 0 Å². The number of hydrogen-bond donors (Lipinski definition) is 5. The van der Waals surface area contributed by atoms with E-state index in [2.05, 4.69) is 0 Å². The van der Waals surface area contributed by atoms with Crippen molar-refractivity contribution in [2.45, 2.75) is 22.8 Å². The summed E-state index contributed by atoms with van der Waals surface area (Å²) in [5.41, 5.74) is -2.20. The summed E-state index contributed by atoms with van der Waals surface area (Å²) in [6.45, 7) is -1.53. The molecular weight excluding hydrogens is 172 g/mol. The van der Waals surface area contributed by atoms with Gasteiger partial charge in [-0.25, -0.2) is 0 Å². The van der Waals surface area contributed by atoms with E-state index in [-0.39, 0.29) is 13.0 Å². The second-order valence-corrected chi connectivity index (χ2v) is 4.02. The first-order valence-electron chi connectivity index (χ1n) is 4.18. The summed E-state index contributed by atoms with van der Waals surface area (Å²) in [6, 6.07) is 0. The van der Waals surface area contributed by atoms with E-state index in [9.17, 15) is 20.3 Å². The Morgan fingerprint density at radius 3 is 1.85 bits per heavy atom. The molecule has 1 fully saturated rings. The number of rotatable bonds is 3. The Bertz CT molecular complexity index is 203. The maximum atomic E-state index is 9.60. The lowest BCUT2D eigenvalue weighted by Gasteiger charge is -2.31. The van der Waals surface area contributed by atoms with Crippen LogP contribution in [0.15, 0.2) is 0 Å². The van der Waals surface area contributed by atoms with E-state index in [4.69, 9.17) is 5.11 Å². The minimum atomic E-state index is -2.20. The predicted octanol–water partition coefficient (Wildman–Crippen LogP) is -4.76. The molecule has 0 spiro atoms. The van der Waals surface area contributed by atoms with Crippen LogP contribution in [-0.2, 0) is 0 Å². The van der Waals surface area contributed by atoms with E-state index >= 15 is 0 Å². The number of hydrogen-bond acceptors (Lipinski definition) is 5. The standard InChI is InChI=1S/C5H13B3O5/c6-4(10)3(1-2-9,8(4)13)5(7,11)12/h9-13H,1-2,6-7H2. The maximum Gasteiger partial charge on any atom is 0.325 e. The van der Waals surface area contributed by atoms with Crippen molar-refractivity contribution in [2.24, 2.45) is 0 Å². The summed E-state index contributed by atoms with van der Waals surface area (Å²) in [7, 11) is 2.41. The molecule has 2 atom stereocenters. The van der Waals surface area contributed by atoms with Crippen molar-refractivity contribution < 1.29 is 25.5 Å². The molecule has 1 aliphatic heterocycles. The molecule has 0 radical (unpaired) electrons. The number of aliphatic hydroxyl groups is 4. The molecule has 0 aliphatic carbocycles. The van der Waals surface area contributed by atoms with Gasteiger partial charge >= 0.3 is 6.92 Å². The summed E-state index contributed by atoms with van der Waals surface area (Å²) in [6.07, 6.45) is -0.0509. The van der Waals surface area contributed by atoms with Crippen LogP contribution in [0.25, 0.3) is 0 Å². The third-order valence-electron chi connectivity index (χ3n) is 3.17. The first-order chi connectivity index (χ1) is 5.72. The van der Waals surface area contributed by atoms with E-state index in [1.165, 1.54) is 7.85 Å². The van der Waals surface area contributed by atoms with Crippen LogP contribution in [0.5, 0.6) is 0 Å². The third-order valence-corrected chi connectivity index (χ3v) is 3.17. The Morgan fingerprint density at radius 1 is 1.38 bits per heavy atom. The Balaban J connectivity index is 2.95. The maximum absolute atomic E-state index is 9.60. The molecule has 0 bridgehead atoms. The molecule has 13 heavy (non-hydrogen) atoms. The van der Waals surface area contributed by atoms with Crippen LogP contribution in [0.1, 0.15) is 6.42 Å². The lowest BCUT2D eigenvalue weighted by molar-refractivity contribution is -0.127. The molecule has 0 aromatic heterocycles. The molecule has 1 rings (SSSR count). The van der Waals surface area contributed by atoms with Crippen molar-refractivity contribution >= 4 is 22.6 Å². The smallest absolute Gasteiger partial charge is 0.325 e. The molecule has 8 heteroatoms. The van der Waals surface area contributed by atoms with Crippen molar-refractivity contribution in [1.82, 2.24) is 0 Å². The first-order valence-corrected chi connectivity index (χ1v) is 4.18. The van der Waals surface area contributed by atoms with Gasteiger partial charge in [0.15, 0.2) is 7.85 Å². The van der Waals surface area contributed by atoms with Gasteiger partial charge in [0.2, 0.25) is 0 Å². The van der Waals surface area contributed by atoms with Gasteiger partial charge in [-0.1, -0.05) is 0 Å². The third kappa shape index (κ3) is 1.17. The fourth-order valence-corrected chi connectivity index (χ4v) is 2.19. The van der Waals surface area contributed by atoms with Crippen LogP contribution in [0.3, 0.4) is 0 Å². The average Bonchev–Trinajstić information content (AvgIpc) is 2.34. The second kappa shape index (κ2) is 2.74. The van der Waals surface area contributed by atoms with Gasteiger partial charge in [0, 0.05) is 17.3 Å². The Hall–Kier alpha value is -0.00519. The minimum absolute atomic E-state index is 0.0509. The van der Waals surface area contributed by atoms with E-state index in [1.54, 1.807) is 0 Å².